The van der Waals surface area contributed by atoms with Crippen LogP contribution in [0.15, 0.2) is 24.7 Å². The van der Waals surface area contributed by atoms with Crippen LogP contribution in [0.5, 0.6) is 0 Å². The number of aromatic nitrogens is 4. The molecule has 2 aromatic heterocycles. The molecule has 4 nitrogen and oxygen atoms in total. The van der Waals surface area contributed by atoms with E-state index >= 15 is 0 Å². The van der Waals surface area contributed by atoms with Gasteiger partial charge in [-0.2, -0.15) is 0 Å². The van der Waals surface area contributed by atoms with Crippen LogP contribution in [-0.2, 0) is 0 Å². The van der Waals surface area contributed by atoms with Gasteiger partial charge in [-0.1, -0.05) is 16.8 Å². The highest BCUT2D eigenvalue weighted by Gasteiger charge is 2.04. The topological polar surface area (TPSA) is 43.6 Å². The molecular weight excluding hydrogens is 188 g/mol. The van der Waals surface area contributed by atoms with Gasteiger partial charge >= 0.3 is 0 Å². The zero-order valence-electron chi connectivity index (χ0n) is 6.98. The maximum absolute atomic E-state index is 5.97. The third-order valence-electron chi connectivity index (χ3n) is 1.60. The molecule has 0 aromatic carbocycles. The lowest BCUT2D eigenvalue weighted by Gasteiger charge is -2.01. The maximum Gasteiger partial charge on any atom is 0.173 e. The Morgan fingerprint density at radius 1 is 1.46 bits per heavy atom. The van der Waals surface area contributed by atoms with Crippen molar-refractivity contribution in [2.24, 2.45) is 0 Å². The second-order valence-corrected chi connectivity index (χ2v) is 3.07. The third kappa shape index (κ3) is 1.53. The quantitative estimate of drug-likeness (QED) is 0.693. The minimum atomic E-state index is 0.575. The molecule has 0 bridgehead atoms. The Balaban J connectivity index is 2.53. The van der Waals surface area contributed by atoms with E-state index in [1.807, 2.05) is 13.0 Å². The number of halogens is 1. The normalized spacial score (nSPS) is 10.3. The van der Waals surface area contributed by atoms with Gasteiger partial charge in [0.25, 0.3) is 0 Å². The monoisotopic (exact) mass is 194 g/mol. The van der Waals surface area contributed by atoms with Crippen LogP contribution in [0, 0.1) is 6.92 Å². The van der Waals surface area contributed by atoms with Gasteiger partial charge in [-0.3, -0.25) is 0 Å². The van der Waals surface area contributed by atoms with Gasteiger partial charge in [0, 0.05) is 6.20 Å². The van der Waals surface area contributed by atoms with E-state index in [9.17, 15) is 0 Å². The molecule has 0 N–H and O–H groups in total. The van der Waals surface area contributed by atoms with E-state index in [4.69, 9.17) is 11.6 Å². The Morgan fingerprint density at radius 3 is 2.92 bits per heavy atom. The van der Waals surface area contributed by atoms with Gasteiger partial charge in [-0.05, 0) is 18.6 Å². The van der Waals surface area contributed by atoms with Crippen molar-refractivity contribution in [3.63, 3.8) is 0 Å². The molecule has 13 heavy (non-hydrogen) atoms. The first-order valence-corrected chi connectivity index (χ1v) is 4.14. The smallest absolute Gasteiger partial charge is 0.173 e. The maximum atomic E-state index is 5.97. The summed E-state index contributed by atoms with van der Waals surface area (Å²) in [6.45, 7) is 1.93. The molecule has 0 saturated carbocycles. The van der Waals surface area contributed by atoms with Crippen LogP contribution in [0.4, 0.5) is 0 Å². The summed E-state index contributed by atoms with van der Waals surface area (Å²) in [4.78, 5) is 4.15. The summed E-state index contributed by atoms with van der Waals surface area (Å²) < 4.78 is 1.53. The first kappa shape index (κ1) is 8.19. The van der Waals surface area contributed by atoms with E-state index < -0.39 is 0 Å². The van der Waals surface area contributed by atoms with Gasteiger partial charge in [0.15, 0.2) is 5.82 Å². The van der Waals surface area contributed by atoms with Crippen molar-refractivity contribution < 1.29 is 0 Å². The lowest BCUT2D eigenvalue weighted by Crippen LogP contribution is -1.99. The molecule has 0 amide bonds. The van der Waals surface area contributed by atoms with Crippen LogP contribution in [0.3, 0.4) is 0 Å². The van der Waals surface area contributed by atoms with Crippen LogP contribution >= 0.6 is 11.6 Å². The van der Waals surface area contributed by atoms with Gasteiger partial charge in [0.2, 0.25) is 0 Å². The Labute approximate surface area is 80.2 Å². The summed E-state index contributed by atoms with van der Waals surface area (Å²) in [5.74, 6) is 0.602. The molecule has 0 aliphatic heterocycles. The van der Waals surface area contributed by atoms with Crippen molar-refractivity contribution in [2.75, 3.05) is 0 Å². The van der Waals surface area contributed by atoms with Gasteiger partial charge in [0.1, 0.15) is 0 Å². The summed E-state index contributed by atoms with van der Waals surface area (Å²) in [5, 5.41) is 8.05. The van der Waals surface area contributed by atoms with Crippen LogP contribution in [-0.4, -0.2) is 20.0 Å². The summed E-state index contributed by atoms with van der Waals surface area (Å²) in [6, 6.07) is 1.84. The van der Waals surface area contributed by atoms with Crippen LogP contribution < -0.4 is 0 Å². The van der Waals surface area contributed by atoms with Crippen molar-refractivity contribution >= 4 is 11.6 Å². The number of aryl methyl sites for hydroxylation is 1. The second-order valence-electron chi connectivity index (χ2n) is 2.67. The average molecular weight is 195 g/mol. The SMILES string of the molecule is Cc1cnc(-n2ccnn2)c(Cl)c1. The number of pyridine rings is 1. The van der Waals surface area contributed by atoms with Crippen molar-refractivity contribution in [1.29, 1.82) is 0 Å². The third-order valence-corrected chi connectivity index (χ3v) is 1.88. The number of hydrogen-bond donors (Lipinski definition) is 0. The molecule has 2 aromatic rings. The molecule has 0 spiro atoms. The standard InChI is InChI=1S/C8H7ClN4/c1-6-4-7(9)8(10-5-6)13-3-2-11-12-13/h2-5H,1H3. The number of rotatable bonds is 1. The average Bonchev–Trinajstić information content (AvgIpc) is 2.56. The minimum Gasteiger partial charge on any atom is -0.235 e. The lowest BCUT2D eigenvalue weighted by atomic mass is 10.3. The Bertz CT molecular complexity index is 410. The van der Waals surface area contributed by atoms with E-state index in [1.165, 1.54) is 4.68 Å². The fourth-order valence-electron chi connectivity index (χ4n) is 1.02. The fourth-order valence-corrected chi connectivity index (χ4v) is 1.32. The first-order valence-electron chi connectivity index (χ1n) is 3.76. The molecule has 0 atom stereocenters. The molecule has 0 unspecified atom stereocenters. The van der Waals surface area contributed by atoms with Gasteiger partial charge in [0.05, 0.1) is 17.4 Å². The molecule has 0 saturated heterocycles. The number of hydrogen-bond acceptors (Lipinski definition) is 3. The highest BCUT2D eigenvalue weighted by Crippen LogP contribution is 2.17. The van der Waals surface area contributed by atoms with Crippen molar-refractivity contribution in [2.45, 2.75) is 6.92 Å². The predicted octanol–water partition coefficient (Wildman–Crippen LogP) is 1.62. The molecule has 66 valence electrons. The molecule has 0 radical (unpaired) electrons. The number of nitrogens with zero attached hydrogens (tertiary/aromatic N) is 4. The molecule has 0 aliphatic rings. The predicted molar refractivity (Wildman–Crippen MR) is 48.9 cm³/mol. The van der Waals surface area contributed by atoms with Crippen LogP contribution in [0.25, 0.3) is 5.82 Å². The van der Waals surface area contributed by atoms with Crippen LogP contribution in [0.2, 0.25) is 5.02 Å². The van der Waals surface area contributed by atoms with Crippen LogP contribution in [0.1, 0.15) is 5.56 Å². The molecule has 2 rings (SSSR count). The molecule has 0 fully saturated rings. The molecule has 0 aliphatic carbocycles. The first-order chi connectivity index (χ1) is 6.27. The van der Waals surface area contributed by atoms with Gasteiger partial charge in [-0.25, -0.2) is 9.67 Å². The van der Waals surface area contributed by atoms with E-state index in [2.05, 4.69) is 15.3 Å². The zero-order chi connectivity index (χ0) is 9.26. The molecule has 2 heterocycles. The van der Waals surface area contributed by atoms with Crippen molar-refractivity contribution in [3.05, 3.63) is 35.2 Å². The summed E-state index contributed by atoms with van der Waals surface area (Å²) in [5.41, 5.74) is 1.02. The molecular formula is C8H7ClN4. The summed E-state index contributed by atoms with van der Waals surface area (Å²) in [7, 11) is 0. The highest BCUT2D eigenvalue weighted by atomic mass is 35.5. The van der Waals surface area contributed by atoms with E-state index in [0.717, 1.165) is 5.56 Å². The highest BCUT2D eigenvalue weighted by molar-refractivity contribution is 6.32. The summed E-state index contributed by atoms with van der Waals surface area (Å²) >= 11 is 5.97. The van der Waals surface area contributed by atoms with Gasteiger partial charge in [-0.15, -0.1) is 5.10 Å². The van der Waals surface area contributed by atoms with Gasteiger partial charge < -0.3 is 0 Å². The van der Waals surface area contributed by atoms with Crippen molar-refractivity contribution in [3.8, 4) is 5.82 Å². The second kappa shape index (κ2) is 3.14. The minimum absolute atomic E-state index is 0.575. The van der Waals surface area contributed by atoms with E-state index in [0.29, 0.717) is 10.8 Å². The fraction of sp³-hybridized carbons (Fsp3) is 0.125. The zero-order valence-corrected chi connectivity index (χ0v) is 7.73. The van der Waals surface area contributed by atoms with E-state index in [-0.39, 0.29) is 0 Å². The Hall–Kier alpha value is -1.42. The Kier molecular flexibility index (Phi) is 1.98. The molecule has 5 heteroatoms. The lowest BCUT2D eigenvalue weighted by molar-refractivity contribution is 0.781. The largest absolute Gasteiger partial charge is 0.235 e. The van der Waals surface area contributed by atoms with Crippen molar-refractivity contribution in [1.82, 2.24) is 20.0 Å². The Morgan fingerprint density at radius 2 is 2.31 bits per heavy atom. The van der Waals surface area contributed by atoms with E-state index in [1.54, 1.807) is 18.6 Å². The summed E-state index contributed by atoms with van der Waals surface area (Å²) in [6.07, 6.45) is 5.02.